The van der Waals surface area contributed by atoms with Gasteiger partial charge >= 0.3 is 5.97 Å². The van der Waals surface area contributed by atoms with Crippen LogP contribution in [0.2, 0.25) is 0 Å². The summed E-state index contributed by atoms with van der Waals surface area (Å²) in [6.45, 7) is 0.301. The van der Waals surface area contributed by atoms with Gasteiger partial charge in [0.2, 0.25) is 11.8 Å². The summed E-state index contributed by atoms with van der Waals surface area (Å²) in [5, 5.41) is 2.81. The van der Waals surface area contributed by atoms with Crippen LogP contribution in [0.4, 0.5) is 11.4 Å². The van der Waals surface area contributed by atoms with Crippen LogP contribution in [0.1, 0.15) is 16.8 Å². The summed E-state index contributed by atoms with van der Waals surface area (Å²) in [6.07, 6.45) is 0.127. The lowest BCUT2D eigenvalue weighted by atomic mass is 10.1. The molecule has 1 atom stereocenters. The highest BCUT2D eigenvalue weighted by molar-refractivity contribution is 9.10. The lowest BCUT2D eigenvalue weighted by Crippen LogP contribution is -2.28. The number of para-hydroxylation sites is 3. The summed E-state index contributed by atoms with van der Waals surface area (Å²) in [7, 11) is 0. The Balaban J connectivity index is 1.45. The quantitative estimate of drug-likeness (QED) is 0.427. The fourth-order valence-electron chi connectivity index (χ4n) is 3.38. The van der Waals surface area contributed by atoms with Gasteiger partial charge in [0.25, 0.3) is 0 Å². The van der Waals surface area contributed by atoms with Crippen LogP contribution < -0.4 is 15.0 Å². The Kier molecular flexibility index (Phi) is 6.13. The van der Waals surface area contributed by atoms with Crippen molar-refractivity contribution in [3.63, 3.8) is 0 Å². The number of rotatable bonds is 5. The van der Waals surface area contributed by atoms with E-state index in [1.807, 2.05) is 30.3 Å². The molecular weight excluding hydrogens is 460 g/mol. The van der Waals surface area contributed by atoms with Gasteiger partial charge in [-0.15, -0.1) is 0 Å². The van der Waals surface area contributed by atoms with Crippen molar-refractivity contribution in [2.75, 3.05) is 16.8 Å². The molecule has 156 valence electrons. The van der Waals surface area contributed by atoms with Crippen molar-refractivity contribution in [1.29, 1.82) is 0 Å². The number of esters is 1. The van der Waals surface area contributed by atoms with Gasteiger partial charge in [-0.2, -0.15) is 0 Å². The molecule has 1 N–H and O–H groups in total. The lowest BCUT2D eigenvalue weighted by Gasteiger charge is -2.17. The first kappa shape index (κ1) is 20.8. The number of benzene rings is 3. The highest BCUT2D eigenvalue weighted by atomic mass is 79.9. The number of nitrogens with zero attached hydrogens (tertiary/aromatic N) is 1. The fraction of sp³-hybridized carbons (Fsp3) is 0.125. The van der Waals surface area contributed by atoms with E-state index in [1.165, 1.54) is 0 Å². The molecule has 0 aromatic heterocycles. The van der Waals surface area contributed by atoms with Crippen LogP contribution in [-0.4, -0.2) is 24.3 Å². The predicted molar refractivity (Wildman–Crippen MR) is 121 cm³/mol. The van der Waals surface area contributed by atoms with E-state index in [4.69, 9.17) is 4.74 Å². The van der Waals surface area contributed by atoms with Gasteiger partial charge in [0.15, 0.2) is 5.75 Å². The van der Waals surface area contributed by atoms with E-state index in [1.54, 1.807) is 53.4 Å². The van der Waals surface area contributed by atoms with Crippen molar-refractivity contribution < 1.29 is 19.1 Å². The van der Waals surface area contributed by atoms with Crippen LogP contribution in [0, 0.1) is 5.92 Å². The summed E-state index contributed by atoms with van der Waals surface area (Å²) >= 11 is 3.33. The Labute approximate surface area is 188 Å². The predicted octanol–water partition coefficient (Wildman–Crippen LogP) is 4.66. The number of carbonyl (C=O) groups excluding carboxylic acids is 3. The maximum Gasteiger partial charge on any atom is 0.343 e. The number of carbonyl (C=O) groups is 3. The maximum atomic E-state index is 12.8. The summed E-state index contributed by atoms with van der Waals surface area (Å²) in [5.41, 5.74) is 1.54. The molecule has 2 amide bonds. The highest BCUT2D eigenvalue weighted by Gasteiger charge is 2.35. The number of amides is 2. The molecule has 0 radical (unpaired) electrons. The van der Waals surface area contributed by atoms with Gasteiger partial charge < -0.3 is 15.0 Å². The van der Waals surface area contributed by atoms with Crippen molar-refractivity contribution >= 4 is 45.1 Å². The van der Waals surface area contributed by atoms with E-state index in [0.29, 0.717) is 17.8 Å². The second-order valence-corrected chi connectivity index (χ2v) is 8.04. The normalized spacial score (nSPS) is 15.6. The summed E-state index contributed by atoms with van der Waals surface area (Å²) in [4.78, 5) is 39.3. The van der Waals surface area contributed by atoms with E-state index in [2.05, 4.69) is 21.2 Å². The molecule has 1 fully saturated rings. The number of hydrogen-bond donors (Lipinski definition) is 1. The van der Waals surface area contributed by atoms with Crippen LogP contribution >= 0.6 is 15.9 Å². The molecule has 3 aromatic carbocycles. The first-order valence-corrected chi connectivity index (χ1v) is 10.5. The average molecular weight is 479 g/mol. The minimum atomic E-state index is -0.527. The van der Waals surface area contributed by atoms with Gasteiger partial charge in [0.1, 0.15) is 0 Å². The summed E-state index contributed by atoms with van der Waals surface area (Å²) < 4.78 is 6.35. The van der Waals surface area contributed by atoms with Crippen LogP contribution in [0.25, 0.3) is 0 Å². The molecule has 0 aliphatic carbocycles. The van der Waals surface area contributed by atoms with E-state index >= 15 is 0 Å². The molecule has 0 bridgehead atoms. The molecule has 1 saturated heterocycles. The molecule has 0 saturated carbocycles. The van der Waals surface area contributed by atoms with Gasteiger partial charge in [-0.25, -0.2) is 4.79 Å². The minimum Gasteiger partial charge on any atom is -0.421 e. The summed E-state index contributed by atoms with van der Waals surface area (Å²) in [5.74, 6) is -1.17. The molecule has 3 aromatic rings. The van der Waals surface area contributed by atoms with Gasteiger partial charge in [-0.1, -0.05) is 46.3 Å². The number of ether oxygens (including phenoxy) is 1. The van der Waals surface area contributed by atoms with Gasteiger partial charge in [-0.3, -0.25) is 9.59 Å². The Hall–Kier alpha value is -3.45. The number of anilines is 2. The number of hydrogen-bond acceptors (Lipinski definition) is 4. The Morgan fingerprint density at radius 3 is 2.35 bits per heavy atom. The maximum absolute atomic E-state index is 12.8. The molecule has 7 heteroatoms. The molecule has 1 aliphatic heterocycles. The zero-order chi connectivity index (χ0) is 21.8. The van der Waals surface area contributed by atoms with Crippen LogP contribution in [-0.2, 0) is 9.59 Å². The molecule has 0 unspecified atom stereocenters. The molecule has 1 aliphatic rings. The molecule has 0 spiro atoms. The standard InChI is InChI=1S/C24H19BrN2O4/c25-18-12-10-16(11-13-18)24(30)31-21-9-5-4-8-20(21)26-23(29)17-14-22(28)27(15-17)19-6-2-1-3-7-19/h1-13,17H,14-15H2,(H,26,29)/t17-/m0/s1. The molecular formula is C24H19BrN2O4. The van der Waals surface area contributed by atoms with E-state index < -0.39 is 11.9 Å². The monoisotopic (exact) mass is 478 g/mol. The number of nitrogens with one attached hydrogen (secondary N) is 1. The van der Waals surface area contributed by atoms with Gasteiger partial charge in [0.05, 0.1) is 17.2 Å². The van der Waals surface area contributed by atoms with Crippen molar-refractivity contribution in [1.82, 2.24) is 0 Å². The van der Waals surface area contributed by atoms with Crippen molar-refractivity contribution in [2.45, 2.75) is 6.42 Å². The second kappa shape index (κ2) is 9.14. The smallest absolute Gasteiger partial charge is 0.343 e. The van der Waals surface area contributed by atoms with E-state index in [-0.39, 0.29) is 24.0 Å². The van der Waals surface area contributed by atoms with Crippen molar-refractivity contribution in [3.8, 4) is 5.75 Å². The first-order chi connectivity index (χ1) is 15.0. The zero-order valence-electron chi connectivity index (χ0n) is 16.5. The van der Waals surface area contributed by atoms with E-state index in [9.17, 15) is 14.4 Å². The Morgan fingerprint density at radius 2 is 1.61 bits per heavy atom. The third-order valence-corrected chi connectivity index (χ3v) is 5.52. The number of halogens is 1. The topological polar surface area (TPSA) is 75.7 Å². The average Bonchev–Trinajstić information content (AvgIpc) is 3.18. The molecule has 4 rings (SSSR count). The van der Waals surface area contributed by atoms with E-state index in [0.717, 1.165) is 10.2 Å². The SMILES string of the molecule is O=C(Oc1ccccc1NC(=O)[C@H]1CC(=O)N(c2ccccc2)C1)c1ccc(Br)cc1. The summed E-state index contributed by atoms with van der Waals surface area (Å²) in [6, 6.07) is 22.8. The molecule has 1 heterocycles. The van der Waals surface area contributed by atoms with Crippen molar-refractivity contribution in [3.05, 3.63) is 88.9 Å². The largest absolute Gasteiger partial charge is 0.421 e. The third-order valence-electron chi connectivity index (χ3n) is 4.99. The molecule has 31 heavy (non-hydrogen) atoms. The lowest BCUT2D eigenvalue weighted by molar-refractivity contribution is -0.122. The Morgan fingerprint density at radius 1 is 0.935 bits per heavy atom. The zero-order valence-corrected chi connectivity index (χ0v) is 18.0. The van der Waals surface area contributed by atoms with Gasteiger partial charge in [-0.05, 0) is 48.5 Å². The Bertz CT molecular complexity index is 1120. The fourth-order valence-corrected chi connectivity index (χ4v) is 3.64. The third kappa shape index (κ3) is 4.83. The minimum absolute atomic E-state index is 0.0960. The van der Waals surface area contributed by atoms with Crippen LogP contribution in [0.15, 0.2) is 83.3 Å². The first-order valence-electron chi connectivity index (χ1n) is 9.74. The van der Waals surface area contributed by atoms with Crippen LogP contribution in [0.5, 0.6) is 5.75 Å². The molecule has 6 nitrogen and oxygen atoms in total. The van der Waals surface area contributed by atoms with Crippen LogP contribution in [0.3, 0.4) is 0 Å². The highest BCUT2D eigenvalue weighted by Crippen LogP contribution is 2.29. The van der Waals surface area contributed by atoms with Gasteiger partial charge in [0, 0.05) is 23.1 Å². The second-order valence-electron chi connectivity index (χ2n) is 7.12. The van der Waals surface area contributed by atoms with Crippen molar-refractivity contribution in [2.24, 2.45) is 5.92 Å².